The standard InChI is InChI=1S/C40H50FN3O6Si/c1-28-38(51(3,4)41)35(25-37(47)42(21-22-45)26-29-13-8-7-9-14-29)50-40(28)33-24-32(49-2)18-19-34(33)44(39(40)48)27-30-15-12-16-31(23-30)43-20-11-6-5-10-17-36(43)46/h7-9,12-16,18-19,23-24,28,35,38,45H,5-6,10-11,17,20-22,25-27H2,1-4H3/t28-,35+,38-,40+/m0/s1. The Morgan fingerprint density at radius 1 is 1.02 bits per heavy atom. The molecule has 3 aliphatic rings. The minimum absolute atomic E-state index is 0.111. The average molecular weight is 716 g/mol. The van der Waals surface area contributed by atoms with Crippen molar-refractivity contribution in [2.24, 2.45) is 5.92 Å². The number of carbonyl (C=O) groups excluding carboxylic acids is 3. The second kappa shape index (κ2) is 15.3. The van der Waals surface area contributed by atoms with Crippen molar-refractivity contribution in [3.63, 3.8) is 0 Å². The number of methoxy groups -OCH3 is 1. The van der Waals surface area contributed by atoms with E-state index in [1.54, 1.807) is 42.1 Å². The maximum atomic E-state index is 16.5. The summed E-state index contributed by atoms with van der Waals surface area (Å²) in [6, 6.07) is 22.8. The van der Waals surface area contributed by atoms with E-state index in [1.807, 2.05) is 72.5 Å². The van der Waals surface area contributed by atoms with Crippen LogP contribution in [0.5, 0.6) is 5.75 Å². The second-order valence-corrected chi connectivity index (χ2v) is 18.4. The topological polar surface area (TPSA) is 99.6 Å². The molecule has 9 nitrogen and oxygen atoms in total. The van der Waals surface area contributed by atoms with E-state index in [2.05, 4.69) is 0 Å². The third-order valence-corrected chi connectivity index (χ3v) is 13.3. The molecule has 1 N–H and O–H groups in total. The average Bonchev–Trinajstić information content (AvgIpc) is 3.52. The third-order valence-electron chi connectivity index (χ3n) is 10.9. The summed E-state index contributed by atoms with van der Waals surface area (Å²) in [5.74, 6) is -0.508. The Bertz CT molecular complexity index is 1730. The number of benzene rings is 3. The molecule has 3 aromatic carbocycles. The fourth-order valence-electron chi connectivity index (χ4n) is 8.47. The number of amides is 3. The zero-order chi connectivity index (χ0) is 36.3. The predicted molar refractivity (Wildman–Crippen MR) is 198 cm³/mol. The third kappa shape index (κ3) is 7.34. The first-order valence-electron chi connectivity index (χ1n) is 18.2. The van der Waals surface area contributed by atoms with Crippen LogP contribution in [0.15, 0.2) is 72.8 Å². The Kier molecular flexibility index (Phi) is 11.0. The van der Waals surface area contributed by atoms with Crippen molar-refractivity contribution in [2.45, 2.75) is 88.9 Å². The molecule has 0 aliphatic carbocycles. The maximum Gasteiger partial charge on any atom is 0.264 e. The van der Waals surface area contributed by atoms with E-state index in [1.165, 1.54) is 0 Å². The Balaban J connectivity index is 1.33. The van der Waals surface area contributed by atoms with Gasteiger partial charge in [-0.2, -0.15) is 0 Å². The molecular formula is C40H50FN3O6Si. The van der Waals surface area contributed by atoms with Crippen LogP contribution in [0.25, 0.3) is 0 Å². The fourth-order valence-corrected chi connectivity index (χ4v) is 11.0. The highest BCUT2D eigenvalue weighted by molar-refractivity contribution is 6.72. The molecule has 3 heterocycles. The van der Waals surface area contributed by atoms with Crippen molar-refractivity contribution in [1.29, 1.82) is 0 Å². The minimum atomic E-state index is -3.53. The second-order valence-electron chi connectivity index (χ2n) is 14.7. The Labute approximate surface area is 301 Å². The molecule has 11 heteroatoms. The summed E-state index contributed by atoms with van der Waals surface area (Å²) in [5.41, 5.74) is 1.62. The molecule has 1 spiro atoms. The van der Waals surface area contributed by atoms with E-state index in [0.29, 0.717) is 36.5 Å². The van der Waals surface area contributed by atoms with Crippen LogP contribution < -0.4 is 14.5 Å². The van der Waals surface area contributed by atoms with Crippen molar-refractivity contribution in [3.8, 4) is 5.75 Å². The lowest BCUT2D eigenvalue weighted by atomic mass is 9.82. The van der Waals surface area contributed by atoms with Crippen molar-refractivity contribution >= 4 is 37.5 Å². The highest BCUT2D eigenvalue weighted by Gasteiger charge is 2.67. The molecule has 6 rings (SSSR count). The van der Waals surface area contributed by atoms with Gasteiger partial charge in [-0.1, -0.05) is 62.2 Å². The van der Waals surface area contributed by atoms with Gasteiger partial charge >= 0.3 is 0 Å². The highest BCUT2D eigenvalue weighted by Crippen LogP contribution is 2.60. The molecule has 272 valence electrons. The van der Waals surface area contributed by atoms with Crippen LogP contribution in [0.1, 0.15) is 62.1 Å². The van der Waals surface area contributed by atoms with Crippen molar-refractivity contribution in [3.05, 3.63) is 89.5 Å². The number of anilines is 2. The normalized spacial score (nSPS) is 23.7. The van der Waals surface area contributed by atoms with E-state index in [-0.39, 0.29) is 43.8 Å². The summed E-state index contributed by atoms with van der Waals surface area (Å²) >= 11 is 0. The van der Waals surface area contributed by atoms with Gasteiger partial charge < -0.3 is 33.4 Å². The van der Waals surface area contributed by atoms with Crippen LogP contribution in [0.3, 0.4) is 0 Å². The van der Waals surface area contributed by atoms with Gasteiger partial charge in [0.05, 0.1) is 38.5 Å². The number of ether oxygens (including phenoxy) is 2. The van der Waals surface area contributed by atoms with Crippen molar-refractivity contribution in [1.82, 2.24) is 4.90 Å². The van der Waals surface area contributed by atoms with Gasteiger partial charge in [0.2, 0.25) is 20.2 Å². The predicted octanol–water partition coefficient (Wildman–Crippen LogP) is 6.73. The first-order valence-corrected chi connectivity index (χ1v) is 21.1. The number of hydrogen-bond donors (Lipinski definition) is 1. The molecule has 0 radical (unpaired) electrons. The number of aliphatic hydroxyl groups excluding tert-OH is 1. The molecule has 2 saturated heterocycles. The zero-order valence-corrected chi connectivity index (χ0v) is 31.1. The van der Waals surface area contributed by atoms with Gasteiger partial charge in [-0.05, 0) is 67.4 Å². The molecule has 0 saturated carbocycles. The van der Waals surface area contributed by atoms with Crippen molar-refractivity contribution in [2.75, 3.05) is 36.6 Å². The van der Waals surface area contributed by atoms with Gasteiger partial charge in [0, 0.05) is 48.8 Å². The monoisotopic (exact) mass is 715 g/mol. The smallest absolute Gasteiger partial charge is 0.264 e. The van der Waals surface area contributed by atoms with Crippen molar-refractivity contribution < 1.29 is 33.1 Å². The summed E-state index contributed by atoms with van der Waals surface area (Å²) in [6.07, 6.45) is 3.52. The minimum Gasteiger partial charge on any atom is -0.497 e. The lowest BCUT2D eigenvalue weighted by molar-refractivity contribution is -0.150. The highest BCUT2D eigenvalue weighted by atomic mass is 28.4. The largest absolute Gasteiger partial charge is 0.497 e. The number of fused-ring (bicyclic) bond motifs is 2. The van der Waals surface area contributed by atoms with Crippen LogP contribution in [0.4, 0.5) is 15.5 Å². The van der Waals surface area contributed by atoms with E-state index >= 15 is 4.11 Å². The quantitative estimate of drug-likeness (QED) is 0.175. The van der Waals surface area contributed by atoms with E-state index in [0.717, 1.165) is 42.5 Å². The lowest BCUT2D eigenvalue weighted by Crippen LogP contribution is -2.45. The van der Waals surface area contributed by atoms with Gasteiger partial charge in [-0.25, -0.2) is 0 Å². The number of carbonyl (C=O) groups is 3. The number of halogens is 1. The molecule has 3 aliphatic heterocycles. The van der Waals surface area contributed by atoms with E-state index in [9.17, 15) is 19.5 Å². The van der Waals surface area contributed by atoms with Gasteiger partial charge in [0.15, 0.2) is 5.60 Å². The molecule has 0 unspecified atom stereocenters. The molecule has 0 bridgehead atoms. The lowest BCUT2D eigenvalue weighted by Gasteiger charge is -2.31. The van der Waals surface area contributed by atoms with Gasteiger partial charge in [-0.3, -0.25) is 14.4 Å². The first-order chi connectivity index (χ1) is 24.5. The number of nitrogens with zero attached hydrogens (tertiary/aromatic N) is 3. The molecule has 3 aromatic rings. The fraction of sp³-hybridized carbons (Fsp3) is 0.475. The first kappa shape index (κ1) is 36.7. The molecule has 0 aromatic heterocycles. The molecule has 51 heavy (non-hydrogen) atoms. The van der Waals surface area contributed by atoms with Crippen LogP contribution >= 0.6 is 0 Å². The summed E-state index contributed by atoms with van der Waals surface area (Å²) in [7, 11) is -1.97. The zero-order valence-electron chi connectivity index (χ0n) is 30.1. The van der Waals surface area contributed by atoms with Crippen LogP contribution in [0.2, 0.25) is 18.6 Å². The molecule has 3 amide bonds. The summed E-state index contributed by atoms with van der Waals surface area (Å²) < 4.78 is 29.0. The Morgan fingerprint density at radius 2 is 1.76 bits per heavy atom. The number of rotatable bonds is 11. The number of aliphatic hydroxyl groups is 1. The number of hydrogen-bond acceptors (Lipinski definition) is 6. The summed E-state index contributed by atoms with van der Waals surface area (Å²) in [5, 5.41) is 9.83. The summed E-state index contributed by atoms with van der Waals surface area (Å²) in [6.45, 7) is 6.18. The van der Waals surface area contributed by atoms with Gasteiger partial charge in [0.25, 0.3) is 5.91 Å². The van der Waals surface area contributed by atoms with Gasteiger partial charge in [0.1, 0.15) is 5.75 Å². The maximum absolute atomic E-state index is 16.5. The van der Waals surface area contributed by atoms with Crippen LogP contribution in [-0.4, -0.2) is 69.0 Å². The van der Waals surface area contributed by atoms with E-state index < -0.39 is 31.6 Å². The SMILES string of the molecule is COc1ccc2c(c1)[C@@]1(O[C@H](CC(=O)N(CCO)Cc3ccccc3)[C@@H]([Si](C)(C)F)[C@@H]1C)C(=O)N2Cc1cccc(N2CCCCCCC2=O)c1. The van der Waals surface area contributed by atoms with Crippen LogP contribution in [0, 0.1) is 5.92 Å². The Morgan fingerprint density at radius 3 is 2.49 bits per heavy atom. The summed E-state index contributed by atoms with van der Waals surface area (Å²) in [4.78, 5) is 47.1. The molecule has 2 fully saturated rings. The molecular weight excluding hydrogens is 666 g/mol. The van der Waals surface area contributed by atoms with E-state index in [4.69, 9.17) is 9.47 Å². The van der Waals surface area contributed by atoms with Gasteiger partial charge in [-0.15, -0.1) is 0 Å². The van der Waals surface area contributed by atoms with Crippen LogP contribution in [-0.2, 0) is 37.8 Å². The molecule has 4 atom stereocenters. The Hall–Kier alpha value is -4.06.